The average Bonchev–Trinajstić information content (AvgIpc) is 3.10. The predicted molar refractivity (Wildman–Crippen MR) is 181 cm³/mol. The van der Waals surface area contributed by atoms with Crippen LogP contribution in [0, 0.1) is 5.92 Å². The van der Waals surface area contributed by atoms with E-state index in [4.69, 9.17) is 9.73 Å². The summed E-state index contributed by atoms with van der Waals surface area (Å²) >= 11 is 0. The molecule has 1 atom stereocenters. The van der Waals surface area contributed by atoms with Crippen LogP contribution < -0.4 is 4.74 Å². The van der Waals surface area contributed by atoms with Gasteiger partial charge in [-0.05, 0) is 116 Å². The lowest BCUT2D eigenvalue weighted by atomic mass is 9.88. The van der Waals surface area contributed by atoms with E-state index in [0.29, 0.717) is 5.92 Å². The molecule has 1 aliphatic heterocycles. The van der Waals surface area contributed by atoms with Gasteiger partial charge in [-0.15, -0.1) is 0 Å². The van der Waals surface area contributed by atoms with Crippen LogP contribution in [-0.4, -0.2) is 16.8 Å². The van der Waals surface area contributed by atoms with E-state index < -0.39 is 0 Å². The second-order valence-corrected chi connectivity index (χ2v) is 12.0. The summed E-state index contributed by atoms with van der Waals surface area (Å²) in [5, 5.41) is 0. The summed E-state index contributed by atoms with van der Waals surface area (Å²) in [5.74, 6) is 1.34. The van der Waals surface area contributed by atoms with E-state index in [-0.39, 0.29) is 6.10 Å². The fraction of sp³-hybridized carbons (Fsp3) is 0.250. The first kappa shape index (κ1) is 28.5. The number of allylic oxidation sites excluding steroid dienone is 9. The van der Waals surface area contributed by atoms with Crippen LogP contribution in [0.2, 0.25) is 0 Å². The second kappa shape index (κ2) is 12.3. The van der Waals surface area contributed by atoms with Crippen molar-refractivity contribution in [2.75, 3.05) is 0 Å². The van der Waals surface area contributed by atoms with E-state index in [2.05, 4.69) is 112 Å². The zero-order valence-corrected chi connectivity index (χ0v) is 25.7. The monoisotopic (exact) mass is 564 g/mol. The largest absolute Gasteiger partial charge is 0.491 e. The zero-order chi connectivity index (χ0) is 29.9. The Labute approximate surface area is 256 Å². The maximum absolute atomic E-state index is 5.96. The summed E-state index contributed by atoms with van der Waals surface area (Å²) in [6.07, 6.45) is 15.3. The molecule has 0 bridgehead atoms. The lowest BCUT2D eigenvalue weighted by Crippen LogP contribution is -2.07. The van der Waals surface area contributed by atoms with Crippen molar-refractivity contribution in [3.05, 3.63) is 142 Å². The molecule has 0 saturated heterocycles. The molecule has 2 aliphatic carbocycles. The number of benzene rings is 2. The number of nitrogens with zero attached hydrogens (tertiary/aromatic N) is 1. The normalized spacial score (nSPS) is 18.7. The Hall–Kier alpha value is -4.59. The first-order valence-electron chi connectivity index (χ1n) is 15.4. The molecule has 3 heteroatoms. The minimum Gasteiger partial charge on any atom is -0.491 e. The van der Waals surface area contributed by atoms with Crippen molar-refractivity contribution in [3.8, 4) is 17.0 Å². The summed E-state index contributed by atoms with van der Waals surface area (Å²) in [4.78, 5) is 8.53. The van der Waals surface area contributed by atoms with E-state index >= 15 is 0 Å². The van der Waals surface area contributed by atoms with Crippen molar-refractivity contribution in [3.63, 3.8) is 0 Å². The minimum atomic E-state index is 0.130. The lowest BCUT2D eigenvalue weighted by Gasteiger charge is -2.17. The molecule has 0 fully saturated rings. The standard InChI is InChI=1S/C40H40N2O/c1-26(2)43-35-17-10-16-33(24-35)38-25-36-37(42-38)18-11-21-41-40(36)32-15-9-14-30(19-20-32)34-22-27(3)29(5)39(28(4)23-34)31-12-7-6-8-13-31/h6-8,10,12-13,15-18,21-26,30,42H,3,9,14,19-20H2,1-2,4-5H3. The summed E-state index contributed by atoms with van der Waals surface area (Å²) < 4.78 is 5.96. The second-order valence-electron chi connectivity index (χ2n) is 12.0. The van der Waals surface area contributed by atoms with Gasteiger partial charge in [0.15, 0.2) is 0 Å². The fourth-order valence-electron chi connectivity index (χ4n) is 6.49. The van der Waals surface area contributed by atoms with Crippen molar-refractivity contribution in [1.29, 1.82) is 0 Å². The summed E-state index contributed by atoms with van der Waals surface area (Å²) in [6, 6.07) is 21.2. The van der Waals surface area contributed by atoms with Crippen LogP contribution in [0.5, 0.6) is 5.75 Å². The van der Waals surface area contributed by atoms with Crippen molar-refractivity contribution >= 4 is 17.4 Å². The fourth-order valence-corrected chi connectivity index (χ4v) is 6.49. The van der Waals surface area contributed by atoms with Crippen LogP contribution in [0.15, 0.2) is 130 Å². The van der Waals surface area contributed by atoms with Gasteiger partial charge >= 0.3 is 0 Å². The van der Waals surface area contributed by atoms with E-state index in [1.54, 1.807) is 6.20 Å². The Kier molecular flexibility index (Phi) is 8.18. The Bertz CT molecular complexity index is 1780. The number of aromatic amines is 1. The molecule has 6 rings (SSSR count). The van der Waals surface area contributed by atoms with Gasteiger partial charge in [0.05, 0.1) is 23.7 Å². The molecule has 0 saturated carbocycles. The van der Waals surface area contributed by atoms with E-state index in [9.17, 15) is 0 Å². The molecule has 216 valence electrons. The number of H-pyrrole nitrogens is 1. The van der Waals surface area contributed by atoms with Crippen LogP contribution >= 0.6 is 0 Å². The minimum absolute atomic E-state index is 0.130. The molecule has 0 radical (unpaired) electrons. The third-order valence-electron chi connectivity index (χ3n) is 8.60. The van der Waals surface area contributed by atoms with Crippen LogP contribution in [0.4, 0.5) is 0 Å². The van der Waals surface area contributed by atoms with Gasteiger partial charge in [-0.1, -0.05) is 73.0 Å². The van der Waals surface area contributed by atoms with Crippen LogP contribution in [-0.2, 0) is 0 Å². The van der Waals surface area contributed by atoms with E-state index in [1.165, 1.54) is 33.4 Å². The van der Waals surface area contributed by atoms with Crippen molar-refractivity contribution in [2.45, 2.75) is 59.5 Å². The SMILES string of the molecule is C=C1C=C(C2CCC=C(C3=NC=C=Cc4[nH]c(-c5cccc(OC(C)C)c5)cc43)CC2)C=C(C)C(c2ccccc2)=C1C. The number of hydrogen-bond donors (Lipinski definition) is 1. The molecule has 43 heavy (non-hydrogen) atoms. The van der Waals surface area contributed by atoms with Crippen LogP contribution in [0.1, 0.15) is 70.2 Å². The molecule has 2 heterocycles. The van der Waals surface area contributed by atoms with Crippen LogP contribution in [0.3, 0.4) is 0 Å². The van der Waals surface area contributed by atoms with Crippen LogP contribution in [0.25, 0.3) is 22.9 Å². The van der Waals surface area contributed by atoms with Gasteiger partial charge in [0.25, 0.3) is 0 Å². The van der Waals surface area contributed by atoms with Gasteiger partial charge in [0.1, 0.15) is 5.75 Å². The summed E-state index contributed by atoms with van der Waals surface area (Å²) in [6.45, 7) is 13.0. The first-order valence-corrected chi connectivity index (χ1v) is 15.4. The average molecular weight is 565 g/mol. The Morgan fingerprint density at radius 2 is 1.79 bits per heavy atom. The molecular weight excluding hydrogens is 524 g/mol. The van der Waals surface area contributed by atoms with E-state index in [1.807, 2.05) is 18.2 Å². The third kappa shape index (κ3) is 6.14. The molecular formula is C40H40N2O. The van der Waals surface area contributed by atoms with Gasteiger partial charge < -0.3 is 9.72 Å². The molecule has 1 aromatic heterocycles. The number of fused-ring (bicyclic) bond motifs is 1. The first-order chi connectivity index (χ1) is 20.9. The number of aliphatic imine (C=N–C) groups is 1. The Balaban J connectivity index is 1.24. The molecule has 3 aromatic rings. The topological polar surface area (TPSA) is 37.4 Å². The number of nitrogens with one attached hydrogen (secondary N) is 1. The van der Waals surface area contributed by atoms with Crippen molar-refractivity contribution < 1.29 is 4.74 Å². The molecule has 1 unspecified atom stereocenters. The maximum atomic E-state index is 5.96. The highest BCUT2D eigenvalue weighted by atomic mass is 16.5. The summed E-state index contributed by atoms with van der Waals surface area (Å²) in [5.41, 5.74) is 17.5. The van der Waals surface area contributed by atoms with Gasteiger partial charge in [-0.3, -0.25) is 0 Å². The molecule has 3 aliphatic rings. The highest BCUT2D eigenvalue weighted by molar-refractivity contribution is 6.15. The van der Waals surface area contributed by atoms with Gasteiger partial charge in [0, 0.05) is 22.9 Å². The molecule has 0 spiro atoms. The Morgan fingerprint density at radius 3 is 2.60 bits per heavy atom. The number of rotatable bonds is 6. The van der Waals surface area contributed by atoms with Crippen molar-refractivity contribution in [1.82, 2.24) is 4.98 Å². The third-order valence-corrected chi connectivity index (χ3v) is 8.60. The Morgan fingerprint density at radius 1 is 0.977 bits per heavy atom. The lowest BCUT2D eigenvalue weighted by molar-refractivity contribution is 0.242. The van der Waals surface area contributed by atoms with Gasteiger partial charge in [-0.25, -0.2) is 4.99 Å². The quantitative estimate of drug-likeness (QED) is 0.297. The maximum Gasteiger partial charge on any atom is 0.120 e. The molecule has 3 nitrogen and oxygen atoms in total. The zero-order valence-electron chi connectivity index (χ0n) is 25.7. The highest BCUT2D eigenvalue weighted by Gasteiger charge is 2.24. The number of ether oxygens (including phenoxy) is 1. The number of hydrogen-bond acceptors (Lipinski definition) is 2. The molecule has 2 aromatic carbocycles. The van der Waals surface area contributed by atoms with E-state index in [0.717, 1.165) is 65.2 Å². The van der Waals surface area contributed by atoms with Gasteiger partial charge in [-0.2, -0.15) is 0 Å². The van der Waals surface area contributed by atoms with Gasteiger partial charge in [0.2, 0.25) is 0 Å². The highest BCUT2D eigenvalue weighted by Crippen LogP contribution is 2.39. The molecule has 1 N–H and O–H groups in total. The van der Waals surface area contributed by atoms with Crippen molar-refractivity contribution in [2.24, 2.45) is 10.9 Å². The number of aromatic nitrogens is 1. The molecule has 0 amide bonds. The predicted octanol–water partition coefficient (Wildman–Crippen LogP) is 10.4. The summed E-state index contributed by atoms with van der Waals surface area (Å²) in [7, 11) is 0. The smallest absolute Gasteiger partial charge is 0.120 e.